The van der Waals surface area contributed by atoms with Gasteiger partial charge >= 0.3 is 0 Å². The summed E-state index contributed by atoms with van der Waals surface area (Å²) in [5.41, 5.74) is 1.41. The monoisotopic (exact) mass is 163 g/mol. The Bertz CT molecular complexity index is 455. The van der Waals surface area contributed by atoms with Gasteiger partial charge in [0.1, 0.15) is 5.52 Å². The van der Waals surface area contributed by atoms with Crippen LogP contribution >= 0.6 is 0 Å². The minimum atomic E-state index is -0.0770. The predicted octanol–water partition coefficient (Wildman–Crippen LogP) is 0.585. The molecule has 4 heteroatoms. The Morgan fingerprint density at radius 2 is 2.50 bits per heavy atom. The highest BCUT2D eigenvalue weighted by molar-refractivity contribution is 5.42. The summed E-state index contributed by atoms with van der Waals surface area (Å²) in [5.74, 6) is 0. The summed E-state index contributed by atoms with van der Waals surface area (Å²) < 4.78 is 1.59. The zero-order chi connectivity index (χ0) is 8.55. The van der Waals surface area contributed by atoms with E-state index in [1.165, 1.54) is 0 Å². The molecular formula is C8H9N3O. The Kier molecular flexibility index (Phi) is 1.46. The molecule has 1 N–H and O–H groups in total. The lowest BCUT2D eigenvalue weighted by atomic mass is 10.3. The summed E-state index contributed by atoms with van der Waals surface area (Å²) in [6, 6.07) is 1.69. The Labute approximate surface area is 68.8 Å². The maximum atomic E-state index is 11.3. The van der Waals surface area contributed by atoms with Crippen LogP contribution in [0.2, 0.25) is 0 Å². The van der Waals surface area contributed by atoms with Crippen LogP contribution in [0.3, 0.4) is 0 Å². The van der Waals surface area contributed by atoms with Crippen molar-refractivity contribution in [2.75, 3.05) is 0 Å². The topological polar surface area (TPSA) is 50.2 Å². The second-order valence-electron chi connectivity index (χ2n) is 2.62. The number of hydrogen-bond acceptors (Lipinski definition) is 2. The third-order valence-electron chi connectivity index (χ3n) is 1.84. The molecule has 2 aromatic rings. The molecule has 0 aromatic carbocycles. The van der Waals surface area contributed by atoms with Crippen molar-refractivity contribution in [2.45, 2.75) is 13.3 Å². The van der Waals surface area contributed by atoms with Gasteiger partial charge in [-0.3, -0.25) is 4.79 Å². The molecule has 0 aliphatic carbocycles. The Morgan fingerprint density at radius 3 is 3.25 bits per heavy atom. The first-order chi connectivity index (χ1) is 5.81. The van der Waals surface area contributed by atoms with Crippen LogP contribution in [-0.4, -0.2) is 14.6 Å². The number of nitrogens with zero attached hydrogens (tertiary/aromatic N) is 2. The average Bonchev–Trinajstić information content (AvgIpc) is 2.52. The first-order valence-electron chi connectivity index (χ1n) is 3.87. The quantitative estimate of drug-likeness (QED) is 0.668. The van der Waals surface area contributed by atoms with Crippen LogP contribution in [-0.2, 0) is 6.42 Å². The summed E-state index contributed by atoms with van der Waals surface area (Å²) in [7, 11) is 0. The minimum absolute atomic E-state index is 0.0770. The van der Waals surface area contributed by atoms with Crippen molar-refractivity contribution in [3.8, 4) is 0 Å². The van der Waals surface area contributed by atoms with Crippen LogP contribution in [0.4, 0.5) is 0 Å². The highest BCUT2D eigenvalue weighted by Gasteiger charge is 1.99. The number of hydrogen-bond donors (Lipinski definition) is 1. The Morgan fingerprint density at radius 1 is 1.67 bits per heavy atom. The molecule has 0 aliphatic rings. The van der Waals surface area contributed by atoms with Gasteiger partial charge < -0.3 is 4.98 Å². The Hall–Kier alpha value is -1.58. The molecule has 0 bridgehead atoms. The number of fused-ring (bicyclic) bond motifs is 1. The van der Waals surface area contributed by atoms with Gasteiger partial charge in [0.15, 0.2) is 0 Å². The van der Waals surface area contributed by atoms with Gasteiger partial charge in [0.25, 0.3) is 5.56 Å². The SMILES string of the molecule is CCc1cn2nccc2c(=O)[nH]1. The molecule has 0 unspecified atom stereocenters. The second kappa shape index (κ2) is 2.48. The molecule has 0 radical (unpaired) electrons. The molecule has 12 heavy (non-hydrogen) atoms. The lowest BCUT2D eigenvalue weighted by Crippen LogP contribution is -2.12. The predicted molar refractivity (Wildman–Crippen MR) is 45.2 cm³/mol. The molecular weight excluding hydrogens is 154 g/mol. The average molecular weight is 163 g/mol. The van der Waals surface area contributed by atoms with Gasteiger partial charge in [0, 0.05) is 11.9 Å². The largest absolute Gasteiger partial charge is 0.323 e. The smallest absolute Gasteiger partial charge is 0.274 e. The van der Waals surface area contributed by atoms with E-state index in [4.69, 9.17) is 0 Å². The van der Waals surface area contributed by atoms with Crippen molar-refractivity contribution < 1.29 is 0 Å². The van der Waals surface area contributed by atoms with Gasteiger partial charge in [-0.25, -0.2) is 4.52 Å². The summed E-state index contributed by atoms with van der Waals surface area (Å²) in [6.07, 6.45) is 4.26. The maximum absolute atomic E-state index is 11.3. The van der Waals surface area contributed by atoms with Gasteiger partial charge in [0.05, 0.1) is 6.20 Å². The molecule has 0 saturated carbocycles. The zero-order valence-corrected chi connectivity index (χ0v) is 6.74. The van der Waals surface area contributed by atoms with E-state index in [1.807, 2.05) is 13.1 Å². The molecule has 0 amide bonds. The van der Waals surface area contributed by atoms with E-state index < -0.39 is 0 Å². The summed E-state index contributed by atoms with van der Waals surface area (Å²) >= 11 is 0. The number of nitrogens with one attached hydrogen (secondary N) is 1. The van der Waals surface area contributed by atoms with E-state index in [9.17, 15) is 4.79 Å². The van der Waals surface area contributed by atoms with Crippen molar-refractivity contribution in [2.24, 2.45) is 0 Å². The minimum Gasteiger partial charge on any atom is -0.323 e. The standard InChI is InChI=1S/C8H9N3O/c1-2-6-5-11-7(3-4-9-11)8(12)10-6/h3-5H,2H2,1H3,(H,10,12). The first kappa shape index (κ1) is 7.09. The van der Waals surface area contributed by atoms with E-state index in [-0.39, 0.29) is 5.56 Å². The molecule has 0 aliphatic heterocycles. The highest BCUT2D eigenvalue weighted by Crippen LogP contribution is 1.96. The molecule has 2 aromatic heterocycles. The van der Waals surface area contributed by atoms with Crippen LogP contribution in [0.1, 0.15) is 12.6 Å². The van der Waals surface area contributed by atoms with E-state index in [0.29, 0.717) is 5.52 Å². The van der Waals surface area contributed by atoms with Crippen LogP contribution in [0.15, 0.2) is 23.3 Å². The van der Waals surface area contributed by atoms with E-state index in [0.717, 1.165) is 12.1 Å². The van der Waals surface area contributed by atoms with Gasteiger partial charge in [-0.2, -0.15) is 5.10 Å². The third-order valence-corrected chi connectivity index (χ3v) is 1.84. The number of H-pyrrole nitrogens is 1. The summed E-state index contributed by atoms with van der Waals surface area (Å²) in [6.45, 7) is 1.99. The molecule has 0 atom stereocenters. The van der Waals surface area contributed by atoms with Crippen molar-refractivity contribution in [1.82, 2.24) is 14.6 Å². The zero-order valence-electron chi connectivity index (χ0n) is 6.74. The van der Waals surface area contributed by atoms with E-state index in [2.05, 4.69) is 10.1 Å². The molecule has 2 rings (SSSR count). The van der Waals surface area contributed by atoms with Crippen LogP contribution in [0, 0.1) is 0 Å². The van der Waals surface area contributed by atoms with Crippen molar-refractivity contribution >= 4 is 5.52 Å². The summed E-state index contributed by atoms with van der Waals surface area (Å²) in [5, 5.41) is 3.98. The van der Waals surface area contributed by atoms with E-state index in [1.54, 1.807) is 16.8 Å². The Balaban J connectivity index is 2.84. The number of aromatic nitrogens is 3. The van der Waals surface area contributed by atoms with Crippen molar-refractivity contribution in [1.29, 1.82) is 0 Å². The normalized spacial score (nSPS) is 10.8. The van der Waals surface area contributed by atoms with Crippen molar-refractivity contribution in [3.05, 3.63) is 34.5 Å². The molecule has 2 heterocycles. The maximum Gasteiger partial charge on any atom is 0.274 e. The third kappa shape index (κ3) is 0.922. The van der Waals surface area contributed by atoms with Crippen molar-refractivity contribution in [3.63, 3.8) is 0 Å². The van der Waals surface area contributed by atoms with Crippen LogP contribution < -0.4 is 5.56 Å². The van der Waals surface area contributed by atoms with Crippen LogP contribution in [0.5, 0.6) is 0 Å². The molecule has 0 fully saturated rings. The molecule has 0 saturated heterocycles. The summed E-state index contributed by atoms with van der Waals surface area (Å²) in [4.78, 5) is 14.1. The van der Waals surface area contributed by atoms with Gasteiger partial charge in [0.2, 0.25) is 0 Å². The lowest BCUT2D eigenvalue weighted by molar-refractivity contribution is 0.887. The lowest BCUT2D eigenvalue weighted by Gasteiger charge is -1.96. The number of aryl methyl sites for hydroxylation is 1. The van der Waals surface area contributed by atoms with Gasteiger partial charge in [-0.1, -0.05) is 6.92 Å². The highest BCUT2D eigenvalue weighted by atomic mass is 16.1. The fraction of sp³-hybridized carbons (Fsp3) is 0.250. The molecule has 0 spiro atoms. The number of rotatable bonds is 1. The fourth-order valence-corrected chi connectivity index (χ4v) is 1.17. The fourth-order valence-electron chi connectivity index (χ4n) is 1.17. The van der Waals surface area contributed by atoms with Gasteiger partial charge in [-0.15, -0.1) is 0 Å². The van der Waals surface area contributed by atoms with E-state index >= 15 is 0 Å². The first-order valence-corrected chi connectivity index (χ1v) is 3.87. The molecule has 62 valence electrons. The molecule has 4 nitrogen and oxygen atoms in total. The number of aromatic amines is 1. The van der Waals surface area contributed by atoms with Gasteiger partial charge in [-0.05, 0) is 12.5 Å². The van der Waals surface area contributed by atoms with Crippen LogP contribution in [0.25, 0.3) is 5.52 Å². The second-order valence-corrected chi connectivity index (χ2v) is 2.62.